The van der Waals surface area contributed by atoms with E-state index in [0.29, 0.717) is 13.1 Å². The van der Waals surface area contributed by atoms with Crippen molar-refractivity contribution < 1.29 is 12.8 Å². The second kappa shape index (κ2) is 6.42. The summed E-state index contributed by atoms with van der Waals surface area (Å²) in [5.41, 5.74) is 0.812. The molecule has 118 valence electrons. The first-order chi connectivity index (χ1) is 9.86. The molecule has 0 saturated heterocycles. The molecule has 0 amide bonds. The zero-order valence-electron chi connectivity index (χ0n) is 12.6. The molecule has 1 fully saturated rings. The number of hydrogen-bond donors (Lipinski definition) is 2. The van der Waals surface area contributed by atoms with E-state index in [2.05, 4.69) is 17.0 Å². The number of halogens is 1. The molecule has 0 atom stereocenters. The summed E-state index contributed by atoms with van der Waals surface area (Å²) in [5.74, 6) is -0.706. The molecule has 1 aliphatic rings. The van der Waals surface area contributed by atoms with Crippen LogP contribution in [0.4, 0.5) is 4.39 Å². The zero-order chi connectivity index (χ0) is 15.5. The first-order valence-corrected chi connectivity index (χ1v) is 8.83. The quantitative estimate of drug-likeness (QED) is 0.725. The summed E-state index contributed by atoms with van der Waals surface area (Å²) in [5, 5.41) is 3.18. The molecule has 0 heterocycles. The molecule has 0 spiro atoms. The summed E-state index contributed by atoms with van der Waals surface area (Å²) in [6.45, 7) is 5.82. The largest absolute Gasteiger partial charge is 0.313 e. The molecule has 0 aromatic heterocycles. The van der Waals surface area contributed by atoms with Gasteiger partial charge in [-0.15, -0.1) is 0 Å². The maximum absolute atomic E-state index is 13.8. The number of hydrogen-bond acceptors (Lipinski definition) is 3. The van der Waals surface area contributed by atoms with Gasteiger partial charge in [-0.25, -0.2) is 17.5 Å². The Labute approximate surface area is 126 Å². The predicted molar refractivity (Wildman–Crippen MR) is 80.9 cm³/mol. The van der Waals surface area contributed by atoms with Crippen LogP contribution in [0, 0.1) is 11.2 Å². The van der Waals surface area contributed by atoms with Gasteiger partial charge in [-0.05, 0) is 48.9 Å². The molecular formula is C15H23FN2O2S. The van der Waals surface area contributed by atoms with E-state index in [4.69, 9.17) is 0 Å². The van der Waals surface area contributed by atoms with Crippen molar-refractivity contribution >= 4 is 10.0 Å². The number of nitrogens with one attached hydrogen (secondary N) is 2. The smallest absolute Gasteiger partial charge is 0.243 e. The molecule has 1 aromatic carbocycles. The van der Waals surface area contributed by atoms with Crippen LogP contribution in [0.15, 0.2) is 23.1 Å². The fourth-order valence-electron chi connectivity index (χ4n) is 2.01. The monoisotopic (exact) mass is 314 g/mol. The van der Waals surface area contributed by atoms with Crippen LogP contribution in [0.1, 0.15) is 38.7 Å². The van der Waals surface area contributed by atoms with E-state index >= 15 is 0 Å². The van der Waals surface area contributed by atoms with Crippen LogP contribution in [-0.4, -0.2) is 21.5 Å². The molecule has 1 aromatic rings. The summed E-state index contributed by atoms with van der Waals surface area (Å²) < 4.78 is 40.9. The third-order valence-electron chi connectivity index (χ3n) is 3.83. The number of benzene rings is 1. The summed E-state index contributed by atoms with van der Waals surface area (Å²) in [6.07, 6.45) is 3.02. The van der Waals surface area contributed by atoms with Crippen molar-refractivity contribution in [3.05, 3.63) is 29.6 Å². The van der Waals surface area contributed by atoms with Gasteiger partial charge in [0.2, 0.25) is 10.0 Å². The van der Waals surface area contributed by atoms with Gasteiger partial charge in [0, 0.05) is 13.1 Å². The van der Waals surface area contributed by atoms with Gasteiger partial charge in [-0.2, -0.15) is 0 Å². The lowest BCUT2D eigenvalue weighted by Crippen LogP contribution is -2.30. The van der Waals surface area contributed by atoms with Crippen molar-refractivity contribution in [1.29, 1.82) is 0 Å². The van der Waals surface area contributed by atoms with Gasteiger partial charge in [-0.3, -0.25) is 0 Å². The maximum atomic E-state index is 13.8. The third kappa shape index (κ3) is 4.49. The van der Waals surface area contributed by atoms with Crippen LogP contribution in [0.25, 0.3) is 0 Å². The topological polar surface area (TPSA) is 58.2 Å². The van der Waals surface area contributed by atoms with Crippen LogP contribution in [-0.2, 0) is 16.6 Å². The standard InChI is InChI=1S/C15H23FN2O2S/c1-3-8-17-10-12-4-5-13(16)14(9-12)21(19,20)18-11-15(2)6-7-15/h4-5,9,17-18H,3,6-8,10-11H2,1-2H3. The lowest BCUT2D eigenvalue weighted by atomic mass is 10.2. The molecule has 0 aliphatic heterocycles. The van der Waals surface area contributed by atoms with Crippen LogP contribution in [0.3, 0.4) is 0 Å². The van der Waals surface area contributed by atoms with Crippen molar-refractivity contribution in [2.45, 2.75) is 44.6 Å². The number of rotatable bonds is 8. The molecule has 0 bridgehead atoms. The fourth-order valence-corrected chi connectivity index (χ4v) is 3.34. The maximum Gasteiger partial charge on any atom is 0.243 e. The highest BCUT2D eigenvalue weighted by atomic mass is 32.2. The highest BCUT2D eigenvalue weighted by Crippen LogP contribution is 2.44. The lowest BCUT2D eigenvalue weighted by molar-refractivity contribution is 0.521. The second-order valence-corrected chi connectivity index (χ2v) is 7.81. The SMILES string of the molecule is CCCNCc1ccc(F)c(S(=O)(=O)NCC2(C)CC2)c1. The molecule has 1 aliphatic carbocycles. The third-order valence-corrected chi connectivity index (χ3v) is 5.25. The Bertz CT molecular complexity index is 598. The van der Waals surface area contributed by atoms with Crippen LogP contribution in [0.2, 0.25) is 0 Å². The minimum atomic E-state index is -3.79. The average Bonchev–Trinajstić information content (AvgIpc) is 3.17. The molecule has 0 unspecified atom stereocenters. The van der Waals surface area contributed by atoms with Gasteiger partial charge < -0.3 is 5.32 Å². The molecule has 21 heavy (non-hydrogen) atoms. The van der Waals surface area contributed by atoms with Crippen molar-refractivity contribution in [3.8, 4) is 0 Å². The van der Waals surface area contributed by atoms with Gasteiger partial charge in [0.15, 0.2) is 0 Å². The van der Waals surface area contributed by atoms with Crippen LogP contribution >= 0.6 is 0 Å². The average molecular weight is 314 g/mol. The van der Waals surface area contributed by atoms with Crippen molar-refractivity contribution in [1.82, 2.24) is 10.0 Å². The van der Waals surface area contributed by atoms with Crippen LogP contribution < -0.4 is 10.0 Å². The lowest BCUT2D eigenvalue weighted by Gasteiger charge is -2.12. The summed E-state index contributed by atoms with van der Waals surface area (Å²) in [4.78, 5) is -0.262. The molecule has 2 rings (SSSR count). The summed E-state index contributed by atoms with van der Waals surface area (Å²) in [7, 11) is -3.79. The van der Waals surface area contributed by atoms with Gasteiger partial charge >= 0.3 is 0 Å². The normalized spacial score (nSPS) is 16.9. The first-order valence-electron chi connectivity index (χ1n) is 7.35. The van der Waals surface area contributed by atoms with E-state index in [1.807, 2.05) is 6.92 Å². The minimum Gasteiger partial charge on any atom is -0.313 e. The van der Waals surface area contributed by atoms with Gasteiger partial charge in [0.1, 0.15) is 10.7 Å². The Morgan fingerprint density at radius 1 is 1.33 bits per heavy atom. The molecular weight excluding hydrogens is 291 g/mol. The van der Waals surface area contributed by atoms with E-state index in [-0.39, 0.29) is 10.3 Å². The molecule has 4 nitrogen and oxygen atoms in total. The predicted octanol–water partition coefficient (Wildman–Crippen LogP) is 2.40. The summed E-state index contributed by atoms with van der Waals surface area (Å²) >= 11 is 0. The van der Waals surface area contributed by atoms with Crippen LogP contribution in [0.5, 0.6) is 0 Å². The summed E-state index contributed by atoms with van der Waals surface area (Å²) in [6, 6.07) is 4.24. The minimum absolute atomic E-state index is 0.0455. The first kappa shape index (κ1) is 16.4. The van der Waals surface area contributed by atoms with E-state index in [1.54, 1.807) is 6.07 Å². The van der Waals surface area contributed by atoms with E-state index in [1.165, 1.54) is 12.1 Å². The Morgan fingerprint density at radius 2 is 2.05 bits per heavy atom. The Kier molecular flexibility index (Phi) is 5.01. The zero-order valence-corrected chi connectivity index (χ0v) is 13.4. The highest BCUT2D eigenvalue weighted by Gasteiger charge is 2.38. The fraction of sp³-hybridized carbons (Fsp3) is 0.600. The molecule has 1 saturated carbocycles. The van der Waals surface area contributed by atoms with Gasteiger partial charge in [0.25, 0.3) is 0 Å². The second-order valence-electron chi connectivity index (χ2n) is 6.08. The molecule has 0 radical (unpaired) electrons. The molecule has 2 N–H and O–H groups in total. The number of sulfonamides is 1. The van der Waals surface area contributed by atoms with E-state index in [9.17, 15) is 12.8 Å². The highest BCUT2D eigenvalue weighted by molar-refractivity contribution is 7.89. The Balaban J connectivity index is 2.10. The van der Waals surface area contributed by atoms with Gasteiger partial charge in [-0.1, -0.05) is 19.9 Å². The Morgan fingerprint density at radius 3 is 2.67 bits per heavy atom. The van der Waals surface area contributed by atoms with Crippen molar-refractivity contribution in [2.24, 2.45) is 5.41 Å². The van der Waals surface area contributed by atoms with Gasteiger partial charge in [0.05, 0.1) is 0 Å². The molecule has 6 heteroatoms. The van der Waals surface area contributed by atoms with Crippen molar-refractivity contribution in [3.63, 3.8) is 0 Å². The van der Waals surface area contributed by atoms with E-state index < -0.39 is 15.8 Å². The Hall–Kier alpha value is -0.980. The van der Waals surface area contributed by atoms with E-state index in [0.717, 1.165) is 31.4 Å². The van der Waals surface area contributed by atoms with Crippen molar-refractivity contribution in [2.75, 3.05) is 13.1 Å².